The second kappa shape index (κ2) is 10.3. The summed E-state index contributed by atoms with van der Waals surface area (Å²) in [4.78, 5) is 15.8. The molecule has 2 aromatic carbocycles. The van der Waals surface area contributed by atoms with Gasteiger partial charge >= 0.3 is 12.2 Å². The molecule has 2 amide bonds. The highest BCUT2D eigenvalue weighted by Gasteiger charge is 2.38. The van der Waals surface area contributed by atoms with E-state index in [0.29, 0.717) is 35.4 Å². The Labute approximate surface area is 223 Å². The molecule has 5 rings (SSSR count). The fourth-order valence-electron chi connectivity index (χ4n) is 5.17. The quantitative estimate of drug-likeness (QED) is 0.294. The molecule has 2 aromatic rings. The van der Waals surface area contributed by atoms with E-state index >= 15 is 0 Å². The van der Waals surface area contributed by atoms with Crippen molar-refractivity contribution in [2.24, 2.45) is 5.73 Å². The summed E-state index contributed by atoms with van der Waals surface area (Å²) >= 11 is 0. The number of nitrogens with one attached hydrogen (secondary N) is 2. The van der Waals surface area contributed by atoms with Crippen molar-refractivity contribution in [2.45, 2.75) is 38.3 Å². The number of carbonyl (C=O) groups is 1. The standard InChI is InChI=1S/C28H29F4N5O2/c1-39-23-14-17(6-9-21(23)29)24(33)19-10-13-37(27(34)38)26(19)25(16-4-5-16)35-22-15-18(36-11-2-3-12-36)7-8-20(22)28(30,31)32/h6-9,14-15,33,35H,2-5,10-13H2,1H3,(H2,34,38). The lowest BCUT2D eigenvalue weighted by Gasteiger charge is -2.25. The number of anilines is 2. The summed E-state index contributed by atoms with van der Waals surface area (Å²) in [5.41, 5.74) is 7.66. The average molecular weight is 544 g/mol. The molecule has 1 saturated carbocycles. The van der Waals surface area contributed by atoms with E-state index in [9.17, 15) is 22.4 Å². The number of nitrogens with two attached hydrogens (primary N) is 1. The predicted molar refractivity (Wildman–Crippen MR) is 140 cm³/mol. The van der Waals surface area contributed by atoms with Crippen LogP contribution < -0.4 is 20.7 Å². The van der Waals surface area contributed by atoms with Crippen molar-refractivity contribution < 1.29 is 27.1 Å². The fraction of sp³-hybridized carbons (Fsp3) is 0.357. The molecule has 0 bridgehead atoms. The molecule has 3 aliphatic rings. The third kappa shape index (κ3) is 5.30. The van der Waals surface area contributed by atoms with E-state index < -0.39 is 23.6 Å². The number of alkyl halides is 3. The monoisotopic (exact) mass is 543 g/mol. The number of rotatable bonds is 7. The lowest BCUT2D eigenvalue weighted by Crippen LogP contribution is -2.34. The molecule has 0 atom stereocenters. The van der Waals surface area contributed by atoms with Gasteiger partial charge in [0.1, 0.15) is 0 Å². The molecule has 2 aliphatic heterocycles. The molecule has 206 valence electrons. The molecular formula is C28H29F4N5O2. The van der Waals surface area contributed by atoms with Gasteiger partial charge in [-0.3, -0.25) is 10.3 Å². The Morgan fingerprint density at radius 1 is 1.05 bits per heavy atom. The first-order valence-corrected chi connectivity index (χ1v) is 12.8. The molecule has 2 fully saturated rings. The molecule has 4 N–H and O–H groups in total. The third-order valence-corrected chi connectivity index (χ3v) is 7.28. The van der Waals surface area contributed by atoms with Crippen molar-refractivity contribution in [1.29, 1.82) is 5.41 Å². The molecule has 0 aromatic heterocycles. The Balaban J connectivity index is 1.61. The van der Waals surface area contributed by atoms with Gasteiger partial charge in [-0.25, -0.2) is 9.18 Å². The van der Waals surface area contributed by atoms with Crippen molar-refractivity contribution >= 4 is 23.1 Å². The highest BCUT2D eigenvalue weighted by atomic mass is 19.4. The summed E-state index contributed by atoms with van der Waals surface area (Å²) in [7, 11) is 1.31. The van der Waals surface area contributed by atoms with Crippen molar-refractivity contribution in [1.82, 2.24) is 4.90 Å². The number of hydrogen-bond donors (Lipinski definition) is 3. The molecule has 1 aliphatic carbocycles. The molecule has 11 heteroatoms. The number of primary amides is 1. The Hall–Kier alpha value is -4.02. The minimum absolute atomic E-state index is 0.00876. The van der Waals surface area contributed by atoms with Crippen molar-refractivity contribution in [2.75, 3.05) is 37.0 Å². The molecule has 0 unspecified atom stereocenters. The minimum Gasteiger partial charge on any atom is -0.494 e. The summed E-state index contributed by atoms with van der Waals surface area (Å²) < 4.78 is 61.4. The number of hydrogen-bond acceptors (Lipinski definition) is 5. The van der Waals surface area contributed by atoms with Crippen LogP contribution in [0.15, 0.2) is 58.9 Å². The van der Waals surface area contributed by atoms with Crippen LogP contribution in [0.3, 0.4) is 0 Å². The van der Waals surface area contributed by atoms with Crippen LogP contribution in [0.5, 0.6) is 5.75 Å². The van der Waals surface area contributed by atoms with Crippen LogP contribution in [-0.2, 0) is 6.18 Å². The van der Waals surface area contributed by atoms with Gasteiger partial charge in [0, 0.05) is 36.5 Å². The van der Waals surface area contributed by atoms with E-state index in [1.54, 1.807) is 0 Å². The van der Waals surface area contributed by atoms with Crippen LogP contribution in [0.2, 0.25) is 0 Å². The van der Waals surface area contributed by atoms with Crippen LogP contribution in [0, 0.1) is 11.2 Å². The minimum atomic E-state index is -4.61. The summed E-state index contributed by atoms with van der Waals surface area (Å²) in [5, 5.41) is 11.9. The molecule has 0 spiro atoms. The number of amides is 2. The fourth-order valence-corrected chi connectivity index (χ4v) is 5.17. The van der Waals surface area contributed by atoms with Gasteiger partial charge in [0.2, 0.25) is 0 Å². The van der Waals surface area contributed by atoms with E-state index in [0.717, 1.165) is 37.6 Å². The second-order valence-electron chi connectivity index (χ2n) is 9.82. The molecule has 2 heterocycles. The molecule has 1 saturated heterocycles. The normalized spacial score (nSPS) is 17.1. The van der Waals surface area contributed by atoms with E-state index in [1.807, 2.05) is 4.90 Å². The number of methoxy groups -OCH3 is 1. The van der Waals surface area contributed by atoms with Gasteiger partial charge in [0.15, 0.2) is 11.6 Å². The van der Waals surface area contributed by atoms with E-state index in [1.165, 1.54) is 42.3 Å². The zero-order chi connectivity index (χ0) is 27.9. The molecule has 39 heavy (non-hydrogen) atoms. The zero-order valence-corrected chi connectivity index (χ0v) is 21.4. The number of nitrogens with zero attached hydrogens (tertiary/aromatic N) is 2. The van der Waals surface area contributed by atoms with Gasteiger partial charge in [0.05, 0.1) is 35.5 Å². The number of allylic oxidation sites excluding steroid dienone is 1. The maximum Gasteiger partial charge on any atom is 0.418 e. The van der Waals surface area contributed by atoms with Crippen LogP contribution in [0.1, 0.15) is 43.2 Å². The van der Waals surface area contributed by atoms with Crippen molar-refractivity contribution in [3.8, 4) is 5.75 Å². The Morgan fingerprint density at radius 2 is 1.77 bits per heavy atom. The summed E-state index contributed by atoms with van der Waals surface area (Å²) in [5.74, 6) is -0.634. The van der Waals surface area contributed by atoms with Crippen LogP contribution in [-0.4, -0.2) is 43.4 Å². The number of urea groups is 1. The number of carbonyl (C=O) groups excluding carboxylic acids is 1. The van der Waals surface area contributed by atoms with E-state index in [-0.39, 0.29) is 35.8 Å². The van der Waals surface area contributed by atoms with Crippen molar-refractivity contribution in [3.05, 3.63) is 75.9 Å². The Kier molecular flexibility index (Phi) is 7.00. The van der Waals surface area contributed by atoms with E-state index in [4.69, 9.17) is 15.9 Å². The van der Waals surface area contributed by atoms with Crippen LogP contribution >= 0.6 is 0 Å². The number of ether oxygens (including phenoxy) is 1. The highest BCUT2D eigenvalue weighted by molar-refractivity contribution is 6.12. The maximum absolute atomic E-state index is 14.1. The first-order chi connectivity index (χ1) is 18.6. The first-order valence-electron chi connectivity index (χ1n) is 12.8. The number of benzene rings is 2. The maximum atomic E-state index is 14.1. The summed E-state index contributed by atoms with van der Waals surface area (Å²) in [6.07, 6.45) is -1.14. The van der Waals surface area contributed by atoms with E-state index in [2.05, 4.69) is 5.32 Å². The van der Waals surface area contributed by atoms with Crippen LogP contribution in [0.4, 0.5) is 33.7 Å². The largest absolute Gasteiger partial charge is 0.494 e. The zero-order valence-electron chi connectivity index (χ0n) is 21.4. The van der Waals surface area contributed by atoms with Crippen molar-refractivity contribution in [3.63, 3.8) is 0 Å². The summed E-state index contributed by atoms with van der Waals surface area (Å²) in [6.45, 7) is 1.70. The lowest BCUT2D eigenvalue weighted by atomic mass is 9.98. The van der Waals surface area contributed by atoms with Gasteiger partial charge in [-0.2, -0.15) is 13.2 Å². The topological polar surface area (TPSA) is 94.7 Å². The second-order valence-corrected chi connectivity index (χ2v) is 9.82. The molecular weight excluding hydrogens is 514 g/mol. The van der Waals surface area contributed by atoms with Crippen LogP contribution in [0.25, 0.3) is 0 Å². The highest BCUT2D eigenvalue weighted by Crippen LogP contribution is 2.44. The van der Waals surface area contributed by atoms with Gasteiger partial charge < -0.3 is 20.7 Å². The lowest BCUT2D eigenvalue weighted by molar-refractivity contribution is -0.136. The third-order valence-electron chi connectivity index (χ3n) is 7.28. The predicted octanol–water partition coefficient (Wildman–Crippen LogP) is 6.02. The first kappa shape index (κ1) is 26.6. The SMILES string of the molecule is COc1cc(C(=N)C2=C(C(Nc3cc(N4CCCC4)ccc3C(F)(F)F)=C3CC3)N(C(N)=O)CC2)ccc1F. The van der Waals surface area contributed by atoms with Gasteiger partial charge in [-0.05, 0) is 74.1 Å². The van der Waals surface area contributed by atoms with Gasteiger partial charge in [0.25, 0.3) is 0 Å². The number of halogens is 4. The van der Waals surface area contributed by atoms with Gasteiger partial charge in [-0.15, -0.1) is 0 Å². The average Bonchev–Trinajstić information content (AvgIpc) is 3.40. The Morgan fingerprint density at radius 3 is 2.38 bits per heavy atom. The smallest absolute Gasteiger partial charge is 0.418 e. The molecule has 7 nitrogen and oxygen atoms in total. The van der Waals surface area contributed by atoms with Gasteiger partial charge in [-0.1, -0.05) is 0 Å². The Bertz CT molecular complexity index is 1390. The molecule has 0 radical (unpaired) electrons. The summed E-state index contributed by atoms with van der Waals surface area (Å²) in [6, 6.07) is 7.28.